The van der Waals surface area contributed by atoms with E-state index in [9.17, 15) is 14.8 Å². The van der Waals surface area contributed by atoms with Gasteiger partial charge in [-0.1, -0.05) is 0 Å². The number of hydrogen-bond acceptors (Lipinski definition) is 7. The lowest BCUT2D eigenvalue weighted by Crippen LogP contribution is -2.67. The molecule has 0 amide bonds. The Bertz CT molecular complexity index is 963. The highest BCUT2D eigenvalue weighted by atomic mass is 16.6. The molecule has 140 valence electrons. The lowest BCUT2D eigenvalue weighted by Gasteiger charge is -2.57. The molecule has 1 aromatic rings. The van der Waals surface area contributed by atoms with Gasteiger partial charge in [0.05, 0.1) is 30.1 Å². The van der Waals surface area contributed by atoms with Gasteiger partial charge in [0.2, 0.25) is 0 Å². The van der Waals surface area contributed by atoms with Crippen LogP contribution in [0.1, 0.15) is 24.9 Å². The molecule has 0 radical (unpaired) electrons. The number of rotatable bonds is 1. The van der Waals surface area contributed by atoms with Crippen molar-refractivity contribution in [1.29, 1.82) is 0 Å². The first-order chi connectivity index (χ1) is 12.5. The normalized spacial score (nSPS) is 47.9. The predicted molar refractivity (Wildman–Crippen MR) is 87.4 cm³/mol. The number of hydrogen-bond donors (Lipinski definition) is 1. The van der Waals surface area contributed by atoms with Crippen molar-refractivity contribution in [2.75, 3.05) is 20.3 Å². The van der Waals surface area contributed by atoms with E-state index in [-0.39, 0.29) is 23.8 Å². The molecule has 1 aromatic heterocycles. The fourth-order valence-corrected chi connectivity index (χ4v) is 6.82. The van der Waals surface area contributed by atoms with E-state index < -0.39 is 28.8 Å². The van der Waals surface area contributed by atoms with Crippen LogP contribution in [0.15, 0.2) is 14.6 Å². The molecule has 10 nitrogen and oxygen atoms in total. The van der Waals surface area contributed by atoms with Gasteiger partial charge >= 0.3 is 11.4 Å². The Morgan fingerprint density at radius 3 is 2.73 bits per heavy atom. The molecule has 5 aliphatic rings. The third-order valence-electron chi connectivity index (χ3n) is 7.73. The predicted octanol–water partition coefficient (Wildman–Crippen LogP) is -1.26. The number of aliphatic imine (C=N–C) groups is 1. The molecule has 2 spiro atoms. The number of methoxy groups -OCH3 is 1. The topological polar surface area (TPSA) is 103 Å². The second-order valence-electron chi connectivity index (χ2n) is 8.19. The third kappa shape index (κ3) is 1.21. The minimum atomic E-state index is -0.718. The molecule has 0 aromatic carbocycles. The maximum Gasteiger partial charge on any atom is 0.347 e. The van der Waals surface area contributed by atoms with Crippen molar-refractivity contribution in [2.24, 2.45) is 22.9 Å². The van der Waals surface area contributed by atoms with Crippen LogP contribution in [0.25, 0.3) is 0 Å². The standard InChI is InChI=1S/C16H21N5O5/c1-18-13(22)19-10-5-17-8-3-4-9-16(7-26-6-15(8,10)16)11(20(19)14(18)23)12(25-2)21(9)24/h5,8-12,24H,3-4,6-7H2,1-2H3/t8-,9+,10-,11+,12+,15?,16?/m0/s1. The summed E-state index contributed by atoms with van der Waals surface area (Å²) in [6.45, 7) is 0.889. The average molecular weight is 363 g/mol. The molecule has 2 unspecified atom stereocenters. The molecule has 5 heterocycles. The van der Waals surface area contributed by atoms with Gasteiger partial charge in [-0.2, -0.15) is 5.06 Å². The van der Waals surface area contributed by atoms with E-state index in [1.54, 1.807) is 0 Å². The van der Waals surface area contributed by atoms with Crippen LogP contribution in [0, 0.1) is 10.8 Å². The number of aromatic nitrogens is 3. The van der Waals surface area contributed by atoms with Gasteiger partial charge in [0.25, 0.3) is 0 Å². The maximum absolute atomic E-state index is 13.0. The Morgan fingerprint density at radius 1 is 1.23 bits per heavy atom. The van der Waals surface area contributed by atoms with Crippen LogP contribution in [-0.2, 0) is 16.5 Å². The number of nitrogens with zero attached hydrogens (tertiary/aromatic N) is 5. The van der Waals surface area contributed by atoms with Crippen LogP contribution in [0.3, 0.4) is 0 Å². The maximum atomic E-state index is 13.0. The van der Waals surface area contributed by atoms with E-state index in [1.165, 1.54) is 28.6 Å². The number of ether oxygens (including phenoxy) is 2. The number of hydroxylamine groups is 2. The van der Waals surface area contributed by atoms with Crippen molar-refractivity contribution in [3.8, 4) is 0 Å². The Balaban J connectivity index is 1.78. The zero-order chi connectivity index (χ0) is 18.0. The molecule has 1 N–H and O–H groups in total. The zero-order valence-corrected chi connectivity index (χ0v) is 14.6. The van der Waals surface area contributed by atoms with Crippen molar-refractivity contribution < 1.29 is 14.7 Å². The van der Waals surface area contributed by atoms with Crippen molar-refractivity contribution in [3.63, 3.8) is 0 Å². The third-order valence-corrected chi connectivity index (χ3v) is 7.73. The van der Waals surface area contributed by atoms with Gasteiger partial charge in [-0.15, -0.1) is 0 Å². The molecule has 2 saturated heterocycles. The summed E-state index contributed by atoms with van der Waals surface area (Å²) in [4.78, 5) is 30.7. The fourth-order valence-electron chi connectivity index (χ4n) is 6.82. The minimum Gasteiger partial charge on any atom is -0.380 e. The van der Waals surface area contributed by atoms with E-state index in [2.05, 4.69) is 0 Å². The van der Waals surface area contributed by atoms with Crippen LogP contribution in [0.2, 0.25) is 0 Å². The zero-order valence-electron chi connectivity index (χ0n) is 14.6. The monoisotopic (exact) mass is 363 g/mol. The van der Waals surface area contributed by atoms with Crippen LogP contribution in [-0.4, -0.2) is 69.1 Å². The molecule has 1 aliphatic carbocycles. The first-order valence-electron chi connectivity index (χ1n) is 9.02. The molecule has 1 saturated carbocycles. The second-order valence-corrected chi connectivity index (χ2v) is 8.19. The van der Waals surface area contributed by atoms with Crippen LogP contribution < -0.4 is 11.4 Å². The van der Waals surface area contributed by atoms with E-state index >= 15 is 0 Å². The summed E-state index contributed by atoms with van der Waals surface area (Å²) in [6, 6.07) is -1.03. The SMILES string of the molecule is CO[C@@H]1[C@H]2n3c(=O)n(C)c(=O)n3[C@H]3C=N[C@H]4CC[C@@H](N1O)C21COCC431. The molecule has 7 atom stereocenters. The molecule has 10 heteroatoms. The highest BCUT2D eigenvalue weighted by Crippen LogP contribution is 2.72. The quantitative estimate of drug-likeness (QED) is 0.668. The Labute approximate surface area is 148 Å². The van der Waals surface area contributed by atoms with Crippen molar-refractivity contribution in [2.45, 2.75) is 43.2 Å². The van der Waals surface area contributed by atoms with E-state index in [0.29, 0.717) is 13.2 Å². The van der Waals surface area contributed by atoms with E-state index in [4.69, 9.17) is 14.5 Å². The first-order valence-corrected chi connectivity index (χ1v) is 9.02. The summed E-state index contributed by atoms with van der Waals surface area (Å²) in [5.41, 5.74) is -1.72. The largest absolute Gasteiger partial charge is 0.380 e. The highest BCUT2D eigenvalue weighted by Gasteiger charge is 2.81. The van der Waals surface area contributed by atoms with Gasteiger partial charge in [0.1, 0.15) is 12.1 Å². The fraction of sp³-hybridized carbons (Fsp3) is 0.812. The van der Waals surface area contributed by atoms with Crippen LogP contribution >= 0.6 is 0 Å². The van der Waals surface area contributed by atoms with E-state index in [1.807, 2.05) is 6.21 Å². The summed E-state index contributed by atoms with van der Waals surface area (Å²) < 4.78 is 15.8. The van der Waals surface area contributed by atoms with Gasteiger partial charge in [0.15, 0.2) is 6.23 Å². The molecule has 0 bridgehead atoms. The number of fused-ring (bicyclic) bond motifs is 3. The minimum absolute atomic E-state index is 0.0220. The van der Waals surface area contributed by atoms with Crippen LogP contribution in [0.4, 0.5) is 0 Å². The Morgan fingerprint density at radius 2 is 1.96 bits per heavy atom. The van der Waals surface area contributed by atoms with Gasteiger partial charge in [-0.25, -0.2) is 23.5 Å². The Kier molecular flexibility index (Phi) is 2.58. The van der Waals surface area contributed by atoms with Crippen molar-refractivity contribution >= 4 is 6.21 Å². The Hall–Kier alpha value is -1.75. The molecular weight excluding hydrogens is 342 g/mol. The summed E-state index contributed by atoms with van der Waals surface area (Å²) >= 11 is 0. The summed E-state index contributed by atoms with van der Waals surface area (Å²) in [7, 11) is 3.01. The lowest BCUT2D eigenvalue weighted by atomic mass is 9.49. The molecule has 26 heavy (non-hydrogen) atoms. The first kappa shape index (κ1) is 15.3. The highest BCUT2D eigenvalue weighted by molar-refractivity contribution is 5.69. The summed E-state index contributed by atoms with van der Waals surface area (Å²) in [6.07, 6.45) is 2.66. The van der Waals surface area contributed by atoms with Gasteiger partial charge in [0, 0.05) is 26.4 Å². The van der Waals surface area contributed by atoms with E-state index in [0.717, 1.165) is 17.4 Å². The molecule has 6 rings (SSSR count). The second kappa shape index (κ2) is 4.38. The summed E-state index contributed by atoms with van der Waals surface area (Å²) in [5.74, 6) is 0. The van der Waals surface area contributed by atoms with Gasteiger partial charge in [-0.05, 0) is 12.8 Å². The lowest BCUT2D eigenvalue weighted by molar-refractivity contribution is -0.217. The molecule has 4 aliphatic heterocycles. The van der Waals surface area contributed by atoms with Crippen molar-refractivity contribution in [3.05, 3.63) is 21.0 Å². The summed E-state index contributed by atoms with van der Waals surface area (Å²) in [5, 5.41) is 12.2. The average Bonchev–Trinajstić information content (AvgIpc) is 3.32. The molecule has 3 fully saturated rings. The van der Waals surface area contributed by atoms with Crippen molar-refractivity contribution in [1.82, 2.24) is 19.0 Å². The smallest absolute Gasteiger partial charge is 0.347 e. The van der Waals surface area contributed by atoms with Gasteiger partial charge in [-0.3, -0.25) is 4.99 Å². The molecular formula is C16H21N5O5. The van der Waals surface area contributed by atoms with Crippen LogP contribution in [0.5, 0.6) is 0 Å². The van der Waals surface area contributed by atoms with Gasteiger partial charge < -0.3 is 14.7 Å².